The van der Waals surface area contributed by atoms with E-state index in [0.29, 0.717) is 6.54 Å². The first-order valence-electron chi connectivity index (χ1n) is 5.41. The Morgan fingerprint density at radius 3 is 2.50 bits per heavy atom. The van der Waals surface area contributed by atoms with Gasteiger partial charge in [0.25, 0.3) is 0 Å². The molecular formula is C11H14N4O. The largest absolute Gasteiger partial charge is 0.359 e. The molecule has 0 radical (unpaired) electrons. The van der Waals surface area contributed by atoms with Gasteiger partial charge in [0.1, 0.15) is 11.0 Å². The Morgan fingerprint density at radius 2 is 1.94 bits per heavy atom. The number of fused-ring (bicyclic) bond motifs is 1. The smallest absolute Gasteiger partial charge is 0.335 e. The number of benzene rings is 1. The molecule has 0 aliphatic carbocycles. The van der Waals surface area contributed by atoms with Crippen LogP contribution in [0.25, 0.3) is 11.0 Å². The van der Waals surface area contributed by atoms with E-state index in [1.165, 1.54) is 0 Å². The van der Waals surface area contributed by atoms with E-state index in [2.05, 4.69) is 22.4 Å². The van der Waals surface area contributed by atoms with Crippen molar-refractivity contribution in [2.24, 2.45) is 0 Å². The standard InChI is InChI=1S/C11H14N4O/c1-2-3-8-12-11(16)15-13-9-6-4-5-7-10(9)14-15/h4-7H,2-3,8H2,1H3,(H,12,16). The Morgan fingerprint density at radius 1 is 1.31 bits per heavy atom. The second-order valence-corrected chi connectivity index (χ2v) is 3.56. The van der Waals surface area contributed by atoms with Crippen LogP contribution < -0.4 is 5.32 Å². The summed E-state index contributed by atoms with van der Waals surface area (Å²) in [6.07, 6.45) is 2.02. The summed E-state index contributed by atoms with van der Waals surface area (Å²) in [4.78, 5) is 12.7. The van der Waals surface area contributed by atoms with Gasteiger partial charge in [-0.1, -0.05) is 30.3 Å². The van der Waals surface area contributed by atoms with Gasteiger partial charge in [0.15, 0.2) is 0 Å². The van der Waals surface area contributed by atoms with Gasteiger partial charge in [-0.3, -0.25) is 0 Å². The summed E-state index contributed by atoms with van der Waals surface area (Å²) in [7, 11) is 0. The van der Waals surface area contributed by atoms with E-state index in [4.69, 9.17) is 0 Å². The minimum atomic E-state index is -0.273. The Kier molecular flexibility index (Phi) is 3.14. The average molecular weight is 218 g/mol. The summed E-state index contributed by atoms with van der Waals surface area (Å²) < 4.78 is 0. The van der Waals surface area contributed by atoms with E-state index in [0.717, 1.165) is 28.7 Å². The fourth-order valence-electron chi connectivity index (χ4n) is 1.39. The summed E-state index contributed by atoms with van der Waals surface area (Å²) in [6.45, 7) is 2.74. The lowest BCUT2D eigenvalue weighted by molar-refractivity contribution is 0.236. The number of nitrogens with one attached hydrogen (secondary N) is 1. The van der Waals surface area contributed by atoms with Crippen molar-refractivity contribution >= 4 is 17.1 Å². The highest BCUT2D eigenvalue weighted by atomic mass is 16.2. The number of hydrogen-bond acceptors (Lipinski definition) is 3. The van der Waals surface area contributed by atoms with Crippen molar-refractivity contribution < 1.29 is 4.79 Å². The quantitative estimate of drug-likeness (QED) is 0.799. The molecular weight excluding hydrogens is 204 g/mol. The maximum Gasteiger partial charge on any atom is 0.359 e. The molecule has 0 saturated carbocycles. The SMILES string of the molecule is CCCCNC(=O)n1nc2ccccc2n1. The first kappa shape index (κ1) is 10.6. The number of carbonyl (C=O) groups excluding carboxylic acids is 1. The second kappa shape index (κ2) is 4.74. The van der Waals surface area contributed by atoms with Crippen LogP contribution in [0, 0.1) is 0 Å². The van der Waals surface area contributed by atoms with Gasteiger partial charge in [0.2, 0.25) is 0 Å². The van der Waals surface area contributed by atoms with Gasteiger partial charge >= 0.3 is 6.03 Å². The highest BCUT2D eigenvalue weighted by Gasteiger charge is 2.08. The minimum absolute atomic E-state index is 0.273. The van der Waals surface area contributed by atoms with Crippen LogP contribution in [0.4, 0.5) is 4.79 Å². The molecule has 5 heteroatoms. The van der Waals surface area contributed by atoms with Crippen molar-refractivity contribution in [2.45, 2.75) is 19.8 Å². The zero-order valence-corrected chi connectivity index (χ0v) is 9.18. The maximum absolute atomic E-state index is 11.6. The summed E-state index contributed by atoms with van der Waals surface area (Å²) in [6, 6.07) is 7.13. The van der Waals surface area contributed by atoms with Crippen LogP contribution in [0.3, 0.4) is 0 Å². The highest BCUT2D eigenvalue weighted by molar-refractivity contribution is 5.80. The van der Waals surface area contributed by atoms with Crippen molar-refractivity contribution in [3.63, 3.8) is 0 Å². The van der Waals surface area contributed by atoms with Crippen LogP contribution in [0.15, 0.2) is 24.3 Å². The Labute approximate surface area is 93.4 Å². The van der Waals surface area contributed by atoms with E-state index in [1.54, 1.807) is 0 Å². The third-order valence-corrected chi connectivity index (χ3v) is 2.27. The first-order valence-corrected chi connectivity index (χ1v) is 5.41. The van der Waals surface area contributed by atoms with Crippen LogP contribution in [-0.4, -0.2) is 27.6 Å². The molecule has 1 N–H and O–H groups in total. The number of amides is 1. The van der Waals surface area contributed by atoms with E-state index < -0.39 is 0 Å². The number of nitrogens with zero attached hydrogens (tertiary/aromatic N) is 3. The molecule has 1 aromatic heterocycles. The minimum Gasteiger partial charge on any atom is -0.335 e. The maximum atomic E-state index is 11.6. The van der Waals surface area contributed by atoms with E-state index >= 15 is 0 Å². The Bertz CT molecular complexity index is 458. The highest BCUT2D eigenvalue weighted by Crippen LogP contribution is 2.06. The molecule has 0 aliphatic heterocycles. The molecule has 0 unspecified atom stereocenters. The Balaban J connectivity index is 2.11. The molecule has 16 heavy (non-hydrogen) atoms. The van der Waals surface area contributed by atoms with Gasteiger partial charge in [-0.25, -0.2) is 4.79 Å². The third-order valence-electron chi connectivity index (χ3n) is 2.27. The topological polar surface area (TPSA) is 59.8 Å². The fourth-order valence-corrected chi connectivity index (χ4v) is 1.39. The molecule has 2 aromatic rings. The number of hydrogen-bond donors (Lipinski definition) is 1. The molecule has 1 amide bonds. The molecule has 0 fully saturated rings. The first-order chi connectivity index (χ1) is 7.81. The van der Waals surface area contributed by atoms with Crippen molar-refractivity contribution in [3.05, 3.63) is 24.3 Å². The molecule has 0 saturated heterocycles. The van der Waals surface area contributed by atoms with E-state index in [1.807, 2.05) is 24.3 Å². The number of unbranched alkanes of at least 4 members (excludes halogenated alkanes) is 1. The summed E-state index contributed by atoms with van der Waals surface area (Å²) in [5.41, 5.74) is 1.46. The predicted octanol–water partition coefficient (Wildman–Crippen LogP) is 1.79. The fraction of sp³-hybridized carbons (Fsp3) is 0.364. The summed E-state index contributed by atoms with van der Waals surface area (Å²) in [5.74, 6) is 0. The van der Waals surface area contributed by atoms with Gasteiger partial charge < -0.3 is 5.32 Å². The summed E-state index contributed by atoms with van der Waals surface area (Å²) in [5, 5.41) is 10.9. The van der Waals surface area contributed by atoms with Crippen LogP contribution in [0.2, 0.25) is 0 Å². The number of carbonyl (C=O) groups is 1. The van der Waals surface area contributed by atoms with Gasteiger partial charge in [-0.05, 0) is 18.6 Å². The van der Waals surface area contributed by atoms with Gasteiger partial charge in [-0.2, -0.15) is 0 Å². The molecule has 1 aromatic carbocycles. The number of aromatic nitrogens is 3. The van der Waals surface area contributed by atoms with Gasteiger partial charge in [-0.15, -0.1) is 10.2 Å². The molecule has 0 aliphatic rings. The second-order valence-electron chi connectivity index (χ2n) is 3.56. The molecule has 0 spiro atoms. The molecule has 84 valence electrons. The van der Waals surface area contributed by atoms with Crippen LogP contribution >= 0.6 is 0 Å². The van der Waals surface area contributed by atoms with Crippen molar-refractivity contribution in [2.75, 3.05) is 6.54 Å². The molecule has 0 bridgehead atoms. The average Bonchev–Trinajstić information content (AvgIpc) is 2.73. The lowest BCUT2D eigenvalue weighted by Gasteiger charge is -2.01. The van der Waals surface area contributed by atoms with Gasteiger partial charge in [0, 0.05) is 6.54 Å². The molecule has 2 rings (SSSR count). The monoisotopic (exact) mass is 218 g/mol. The van der Waals surface area contributed by atoms with Crippen molar-refractivity contribution in [1.82, 2.24) is 20.3 Å². The predicted molar refractivity (Wildman–Crippen MR) is 61.2 cm³/mol. The molecule has 0 atom stereocenters. The summed E-state index contributed by atoms with van der Waals surface area (Å²) >= 11 is 0. The van der Waals surface area contributed by atoms with Crippen molar-refractivity contribution in [1.29, 1.82) is 0 Å². The van der Waals surface area contributed by atoms with Gasteiger partial charge in [0.05, 0.1) is 0 Å². The van der Waals surface area contributed by atoms with Crippen LogP contribution in [0.1, 0.15) is 19.8 Å². The van der Waals surface area contributed by atoms with E-state index in [9.17, 15) is 4.79 Å². The molecule has 5 nitrogen and oxygen atoms in total. The van der Waals surface area contributed by atoms with Crippen LogP contribution in [-0.2, 0) is 0 Å². The third kappa shape index (κ3) is 2.18. The zero-order valence-electron chi connectivity index (χ0n) is 9.18. The number of rotatable bonds is 3. The lowest BCUT2D eigenvalue weighted by atomic mass is 10.3. The van der Waals surface area contributed by atoms with Crippen molar-refractivity contribution in [3.8, 4) is 0 Å². The Hall–Kier alpha value is -1.91. The molecule has 1 heterocycles. The normalized spacial score (nSPS) is 10.6. The van der Waals surface area contributed by atoms with Crippen LogP contribution in [0.5, 0.6) is 0 Å². The lowest BCUT2D eigenvalue weighted by Crippen LogP contribution is -2.30. The van der Waals surface area contributed by atoms with E-state index in [-0.39, 0.29) is 6.03 Å². The zero-order chi connectivity index (χ0) is 11.4.